The van der Waals surface area contributed by atoms with Gasteiger partial charge in [-0.3, -0.25) is 19.3 Å². The van der Waals surface area contributed by atoms with Crippen molar-refractivity contribution in [2.45, 2.75) is 44.7 Å². The van der Waals surface area contributed by atoms with Crippen LogP contribution in [0.3, 0.4) is 0 Å². The van der Waals surface area contributed by atoms with Gasteiger partial charge in [0.25, 0.3) is 11.8 Å². The average molecular weight is 422 g/mol. The molecular weight excluding hydrogens is 398 g/mol. The molecule has 1 heterocycles. The van der Waals surface area contributed by atoms with Gasteiger partial charge in [0.05, 0.1) is 0 Å². The standard InChI is InChI=1S/C20H24ClN3O5/c1-13-5-2-3-8-20(13)18(27)24(19(28)23-20)11-17(26)29-12-16(25)22-10-14-6-4-7-15(21)9-14/h4,6-7,9,13H,2-3,5,8,10-12H2,1H3,(H,22,25)(H,23,28)/t13-,20-/m1/s1. The first-order chi connectivity index (χ1) is 13.8. The summed E-state index contributed by atoms with van der Waals surface area (Å²) in [5.74, 6) is -1.69. The Hall–Kier alpha value is -2.61. The lowest BCUT2D eigenvalue weighted by atomic mass is 9.73. The van der Waals surface area contributed by atoms with Crippen molar-refractivity contribution in [3.05, 3.63) is 34.9 Å². The van der Waals surface area contributed by atoms with E-state index in [0.29, 0.717) is 11.4 Å². The molecule has 8 nitrogen and oxygen atoms in total. The Morgan fingerprint density at radius 3 is 2.86 bits per heavy atom. The Balaban J connectivity index is 1.47. The average Bonchev–Trinajstić information content (AvgIpc) is 2.92. The number of benzene rings is 1. The fourth-order valence-electron chi connectivity index (χ4n) is 3.86. The lowest BCUT2D eigenvalue weighted by Gasteiger charge is -2.36. The molecule has 9 heteroatoms. The predicted molar refractivity (Wildman–Crippen MR) is 105 cm³/mol. The molecule has 1 spiro atoms. The zero-order valence-electron chi connectivity index (χ0n) is 16.2. The summed E-state index contributed by atoms with van der Waals surface area (Å²) >= 11 is 5.88. The molecule has 1 aromatic carbocycles. The Kier molecular flexibility index (Phi) is 6.42. The van der Waals surface area contributed by atoms with E-state index in [-0.39, 0.29) is 12.5 Å². The van der Waals surface area contributed by atoms with E-state index in [1.54, 1.807) is 24.3 Å². The highest BCUT2D eigenvalue weighted by Crippen LogP contribution is 2.38. The fraction of sp³-hybridized carbons (Fsp3) is 0.500. The molecular formula is C20H24ClN3O5. The minimum absolute atomic E-state index is 0.00554. The van der Waals surface area contributed by atoms with Gasteiger partial charge in [0.1, 0.15) is 12.1 Å². The number of halogens is 1. The van der Waals surface area contributed by atoms with Crippen LogP contribution in [0.5, 0.6) is 0 Å². The van der Waals surface area contributed by atoms with Crippen molar-refractivity contribution in [1.29, 1.82) is 0 Å². The molecule has 2 atom stereocenters. The number of rotatable bonds is 6. The molecule has 0 bridgehead atoms. The van der Waals surface area contributed by atoms with Crippen molar-refractivity contribution in [3.63, 3.8) is 0 Å². The lowest BCUT2D eigenvalue weighted by Crippen LogP contribution is -2.54. The monoisotopic (exact) mass is 421 g/mol. The molecule has 4 amide bonds. The third kappa shape index (κ3) is 4.70. The van der Waals surface area contributed by atoms with Crippen molar-refractivity contribution in [3.8, 4) is 0 Å². The Morgan fingerprint density at radius 1 is 1.34 bits per heavy atom. The third-order valence-electron chi connectivity index (χ3n) is 5.53. The maximum absolute atomic E-state index is 12.8. The van der Waals surface area contributed by atoms with Gasteiger partial charge in [0.2, 0.25) is 0 Å². The van der Waals surface area contributed by atoms with Crippen molar-refractivity contribution >= 4 is 35.4 Å². The number of hydrogen-bond acceptors (Lipinski definition) is 5. The van der Waals surface area contributed by atoms with Crippen molar-refractivity contribution in [2.75, 3.05) is 13.2 Å². The highest BCUT2D eigenvalue weighted by molar-refractivity contribution is 6.30. The predicted octanol–water partition coefficient (Wildman–Crippen LogP) is 2.00. The van der Waals surface area contributed by atoms with Crippen LogP contribution in [0.1, 0.15) is 38.2 Å². The molecule has 29 heavy (non-hydrogen) atoms. The van der Waals surface area contributed by atoms with Crippen molar-refractivity contribution < 1.29 is 23.9 Å². The molecule has 1 aliphatic heterocycles. The zero-order chi connectivity index (χ0) is 21.0. The van der Waals surface area contributed by atoms with Crippen LogP contribution in [-0.2, 0) is 25.7 Å². The Morgan fingerprint density at radius 2 is 2.14 bits per heavy atom. The summed E-state index contributed by atoms with van der Waals surface area (Å²) in [5, 5.41) is 5.94. The van der Waals surface area contributed by atoms with Gasteiger partial charge >= 0.3 is 12.0 Å². The van der Waals surface area contributed by atoms with Crippen LogP contribution in [0, 0.1) is 5.92 Å². The third-order valence-corrected chi connectivity index (χ3v) is 5.77. The molecule has 1 saturated heterocycles. The van der Waals surface area contributed by atoms with E-state index in [0.717, 1.165) is 29.7 Å². The van der Waals surface area contributed by atoms with Gasteiger partial charge in [-0.25, -0.2) is 4.79 Å². The molecule has 156 valence electrons. The highest BCUT2D eigenvalue weighted by Gasteiger charge is 2.55. The van der Waals surface area contributed by atoms with Gasteiger partial charge < -0.3 is 15.4 Å². The number of nitrogens with zero attached hydrogens (tertiary/aromatic N) is 1. The van der Waals surface area contributed by atoms with Crippen LogP contribution in [0.2, 0.25) is 5.02 Å². The smallest absolute Gasteiger partial charge is 0.326 e. The van der Waals surface area contributed by atoms with Gasteiger partial charge in [0.15, 0.2) is 6.61 Å². The second kappa shape index (κ2) is 8.82. The van der Waals surface area contributed by atoms with E-state index in [2.05, 4.69) is 10.6 Å². The first-order valence-corrected chi connectivity index (χ1v) is 10.0. The second-order valence-corrected chi connectivity index (χ2v) is 7.94. The van der Waals surface area contributed by atoms with E-state index < -0.39 is 42.5 Å². The largest absolute Gasteiger partial charge is 0.454 e. The number of imide groups is 1. The number of carbonyl (C=O) groups excluding carboxylic acids is 4. The molecule has 0 unspecified atom stereocenters. The SMILES string of the molecule is C[C@@H]1CCCC[C@@]12NC(=O)N(CC(=O)OCC(=O)NCc1cccc(Cl)c1)C2=O. The molecule has 2 fully saturated rings. The van der Waals surface area contributed by atoms with Crippen LogP contribution in [-0.4, -0.2) is 47.4 Å². The number of amides is 4. The number of ether oxygens (including phenoxy) is 1. The molecule has 3 rings (SSSR count). The van der Waals surface area contributed by atoms with Crippen LogP contribution < -0.4 is 10.6 Å². The summed E-state index contributed by atoms with van der Waals surface area (Å²) in [7, 11) is 0. The number of urea groups is 1. The maximum atomic E-state index is 12.8. The van der Waals surface area contributed by atoms with E-state index in [1.165, 1.54) is 0 Å². The van der Waals surface area contributed by atoms with E-state index in [1.807, 2.05) is 6.92 Å². The second-order valence-electron chi connectivity index (χ2n) is 7.51. The lowest BCUT2D eigenvalue weighted by molar-refractivity contribution is -0.151. The highest BCUT2D eigenvalue weighted by atomic mass is 35.5. The maximum Gasteiger partial charge on any atom is 0.326 e. The molecule has 1 saturated carbocycles. The molecule has 1 aromatic rings. The first kappa shape index (κ1) is 21.1. The summed E-state index contributed by atoms with van der Waals surface area (Å²) in [4.78, 5) is 49.9. The van der Waals surface area contributed by atoms with E-state index >= 15 is 0 Å². The van der Waals surface area contributed by atoms with Crippen LogP contribution in [0.4, 0.5) is 4.79 Å². The van der Waals surface area contributed by atoms with Crippen molar-refractivity contribution in [1.82, 2.24) is 15.5 Å². The molecule has 0 radical (unpaired) electrons. The molecule has 2 N–H and O–H groups in total. The summed E-state index contributed by atoms with van der Waals surface area (Å²) in [6.45, 7) is 1.17. The molecule has 2 aliphatic rings. The summed E-state index contributed by atoms with van der Waals surface area (Å²) in [5.41, 5.74) is -0.118. The zero-order valence-corrected chi connectivity index (χ0v) is 17.0. The van der Waals surface area contributed by atoms with Gasteiger partial charge in [-0.1, -0.05) is 43.5 Å². The minimum Gasteiger partial charge on any atom is -0.454 e. The summed E-state index contributed by atoms with van der Waals surface area (Å²) < 4.78 is 4.93. The minimum atomic E-state index is -0.927. The van der Waals surface area contributed by atoms with Crippen molar-refractivity contribution in [2.24, 2.45) is 5.92 Å². The van der Waals surface area contributed by atoms with E-state index in [4.69, 9.17) is 16.3 Å². The summed E-state index contributed by atoms with van der Waals surface area (Å²) in [6, 6.07) is 6.42. The Bertz CT molecular complexity index is 830. The van der Waals surface area contributed by atoms with Crippen LogP contribution >= 0.6 is 11.6 Å². The Labute approximate surface area is 173 Å². The van der Waals surface area contributed by atoms with Crippen LogP contribution in [0.15, 0.2) is 24.3 Å². The number of carbonyl (C=O) groups is 4. The van der Waals surface area contributed by atoms with Gasteiger partial charge in [0, 0.05) is 11.6 Å². The number of hydrogen-bond donors (Lipinski definition) is 2. The molecule has 0 aromatic heterocycles. The normalized spacial score (nSPS) is 23.8. The first-order valence-electron chi connectivity index (χ1n) is 9.63. The van der Waals surface area contributed by atoms with Gasteiger partial charge in [-0.2, -0.15) is 0 Å². The number of nitrogens with one attached hydrogen (secondary N) is 2. The topological polar surface area (TPSA) is 105 Å². The van der Waals surface area contributed by atoms with Gasteiger partial charge in [-0.05, 0) is 36.5 Å². The summed E-state index contributed by atoms with van der Waals surface area (Å²) in [6.07, 6.45) is 3.27. The van der Waals surface area contributed by atoms with E-state index in [9.17, 15) is 19.2 Å². The quantitative estimate of drug-likeness (QED) is 0.540. The van der Waals surface area contributed by atoms with Crippen LogP contribution in [0.25, 0.3) is 0 Å². The fourth-order valence-corrected chi connectivity index (χ4v) is 4.07. The molecule has 1 aliphatic carbocycles. The van der Waals surface area contributed by atoms with Gasteiger partial charge in [-0.15, -0.1) is 0 Å². The number of esters is 1.